The minimum atomic E-state index is -4.38. The molecule has 0 aliphatic heterocycles. The lowest BCUT2D eigenvalue weighted by Gasteiger charge is -2.22. The molecule has 7 nitrogen and oxygen atoms in total. The van der Waals surface area contributed by atoms with E-state index in [9.17, 15) is 22.8 Å². The molecule has 3 aromatic heterocycles. The smallest absolute Gasteiger partial charge is 0.374 e. The van der Waals surface area contributed by atoms with E-state index < -0.39 is 30.8 Å². The zero-order valence-corrected chi connectivity index (χ0v) is 21.7. The van der Waals surface area contributed by atoms with Gasteiger partial charge in [0.15, 0.2) is 5.78 Å². The van der Waals surface area contributed by atoms with Crippen molar-refractivity contribution in [2.45, 2.75) is 77.6 Å². The van der Waals surface area contributed by atoms with Crippen LogP contribution < -0.4 is 10.6 Å². The Bertz CT molecular complexity index is 1260. The molecule has 0 saturated heterocycles. The molecule has 1 amide bonds. The van der Waals surface area contributed by atoms with Gasteiger partial charge >= 0.3 is 6.18 Å². The molecule has 0 aromatic carbocycles. The molecule has 10 heteroatoms. The highest BCUT2D eigenvalue weighted by Gasteiger charge is 2.31. The lowest BCUT2D eigenvalue weighted by molar-refractivity contribution is -0.143. The minimum absolute atomic E-state index is 0.0829. The van der Waals surface area contributed by atoms with Gasteiger partial charge in [0.1, 0.15) is 5.65 Å². The molecule has 0 radical (unpaired) electrons. The van der Waals surface area contributed by atoms with E-state index in [0.29, 0.717) is 17.9 Å². The van der Waals surface area contributed by atoms with Crippen LogP contribution >= 0.6 is 0 Å². The minimum Gasteiger partial charge on any atom is -0.374 e. The van der Waals surface area contributed by atoms with Gasteiger partial charge in [0, 0.05) is 60.2 Å². The van der Waals surface area contributed by atoms with E-state index in [-0.39, 0.29) is 17.7 Å². The Balaban J connectivity index is 1.49. The van der Waals surface area contributed by atoms with Gasteiger partial charge in [0.05, 0.1) is 18.2 Å². The van der Waals surface area contributed by atoms with Crippen molar-refractivity contribution in [3.8, 4) is 11.1 Å². The van der Waals surface area contributed by atoms with E-state index in [0.717, 1.165) is 47.8 Å². The highest BCUT2D eigenvalue weighted by Crippen LogP contribution is 2.30. The number of halogens is 3. The van der Waals surface area contributed by atoms with Crippen LogP contribution in [0.4, 0.5) is 18.9 Å². The summed E-state index contributed by atoms with van der Waals surface area (Å²) in [6.45, 7) is 3.97. The van der Waals surface area contributed by atoms with E-state index in [2.05, 4.69) is 25.6 Å². The van der Waals surface area contributed by atoms with Crippen molar-refractivity contribution in [1.29, 1.82) is 0 Å². The molecule has 0 spiro atoms. The molecule has 4 rings (SSSR count). The van der Waals surface area contributed by atoms with Crippen molar-refractivity contribution in [1.82, 2.24) is 20.3 Å². The first-order valence-corrected chi connectivity index (χ1v) is 13.2. The number of carbonyl (C=O) groups is 2. The SMILES string of the molecule is CC(C)C(Nc1cncc(-c2c[nH]c3ncc(CNC(=O)C4CCCCC4)cc23)c1)C(=O)CCC(F)(F)F. The monoisotopic (exact) mass is 529 g/mol. The number of alkyl halides is 3. The van der Waals surface area contributed by atoms with Crippen LogP contribution in [0.5, 0.6) is 0 Å². The fourth-order valence-corrected chi connectivity index (χ4v) is 4.97. The Morgan fingerprint density at radius 1 is 1.11 bits per heavy atom. The maximum Gasteiger partial charge on any atom is 0.389 e. The standard InChI is InChI=1S/C28H34F3N5O2/c1-17(2)25(24(37)8-9-28(29,30)31)36-21-11-20(14-32-15-21)23-16-34-26-22(23)10-18(12-33-26)13-35-27(38)19-6-4-3-5-7-19/h10-12,14-17,19,25,36H,3-9,13H2,1-2H3,(H,33,34)(H,35,38). The molecule has 3 heterocycles. The number of ketones is 1. The van der Waals surface area contributed by atoms with Crippen molar-refractivity contribution in [3.05, 3.63) is 42.5 Å². The largest absolute Gasteiger partial charge is 0.389 e. The molecule has 204 valence electrons. The zero-order valence-electron chi connectivity index (χ0n) is 21.7. The summed E-state index contributed by atoms with van der Waals surface area (Å²) in [7, 11) is 0. The highest BCUT2D eigenvalue weighted by atomic mass is 19.4. The Morgan fingerprint density at radius 2 is 1.87 bits per heavy atom. The number of Topliss-reactive ketones (excluding diaryl/α,β-unsaturated/α-hetero) is 1. The summed E-state index contributed by atoms with van der Waals surface area (Å²) in [6.07, 6.45) is 5.97. The normalized spacial score (nSPS) is 15.5. The van der Waals surface area contributed by atoms with Crippen LogP contribution in [-0.4, -0.2) is 38.9 Å². The maximum absolute atomic E-state index is 12.6. The predicted octanol–water partition coefficient (Wildman–Crippen LogP) is 6.17. The van der Waals surface area contributed by atoms with Crippen LogP contribution in [0.2, 0.25) is 0 Å². The number of carbonyl (C=O) groups excluding carboxylic acids is 2. The van der Waals surface area contributed by atoms with Crippen molar-refractivity contribution in [2.75, 3.05) is 5.32 Å². The Labute approximate surface area is 220 Å². The van der Waals surface area contributed by atoms with E-state index in [1.54, 1.807) is 32.4 Å². The Hall–Kier alpha value is -3.43. The third kappa shape index (κ3) is 7.11. The molecular formula is C28H34F3N5O2. The lowest BCUT2D eigenvalue weighted by Crippen LogP contribution is -2.35. The molecule has 1 fully saturated rings. The number of amides is 1. The summed E-state index contributed by atoms with van der Waals surface area (Å²) in [5.74, 6) is -0.520. The summed E-state index contributed by atoms with van der Waals surface area (Å²) in [6, 6.07) is 3.03. The number of nitrogens with zero attached hydrogens (tertiary/aromatic N) is 2. The van der Waals surface area contributed by atoms with Gasteiger partial charge in [0.2, 0.25) is 5.91 Å². The molecule has 1 aliphatic carbocycles. The van der Waals surface area contributed by atoms with Crippen LogP contribution in [0.15, 0.2) is 36.9 Å². The Morgan fingerprint density at radius 3 is 2.58 bits per heavy atom. The highest BCUT2D eigenvalue weighted by molar-refractivity contribution is 5.94. The number of nitrogens with one attached hydrogen (secondary N) is 3. The average molecular weight is 530 g/mol. The molecule has 1 saturated carbocycles. The van der Waals surface area contributed by atoms with Gasteiger partial charge in [-0.25, -0.2) is 4.98 Å². The first kappa shape index (κ1) is 27.6. The van der Waals surface area contributed by atoms with E-state index in [4.69, 9.17) is 0 Å². The number of hydrogen-bond donors (Lipinski definition) is 3. The molecule has 1 atom stereocenters. The van der Waals surface area contributed by atoms with Gasteiger partial charge in [-0.2, -0.15) is 13.2 Å². The summed E-state index contributed by atoms with van der Waals surface area (Å²) in [4.78, 5) is 37.0. The summed E-state index contributed by atoms with van der Waals surface area (Å²) < 4.78 is 37.9. The van der Waals surface area contributed by atoms with Crippen LogP contribution in [0.1, 0.15) is 64.4 Å². The molecule has 3 N–H and O–H groups in total. The Kier molecular flexibility index (Phi) is 8.69. The second-order valence-electron chi connectivity index (χ2n) is 10.4. The molecule has 0 bridgehead atoms. The van der Waals surface area contributed by atoms with Gasteiger partial charge in [-0.15, -0.1) is 0 Å². The van der Waals surface area contributed by atoms with Gasteiger partial charge in [-0.1, -0.05) is 33.1 Å². The predicted molar refractivity (Wildman–Crippen MR) is 140 cm³/mol. The fraction of sp³-hybridized carbons (Fsp3) is 0.500. The van der Waals surface area contributed by atoms with Gasteiger partial charge < -0.3 is 15.6 Å². The first-order valence-electron chi connectivity index (χ1n) is 13.2. The number of pyridine rings is 2. The van der Waals surface area contributed by atoms with E-state index in [1.165, 1.54) is 6.42 Å². The van der Waals surface area contributed by atoms with Crippen molar-refractivity contribution in [3.63, 3.8) is 0 Å². The molecular weight excluding hydrogens is 495 g/mol. The van der Waals surface area contributed by atoms with Crippen molar-refractivity contribution >= 4 is 28.4 Å². The number of anilines is 1. The topological polar surface area (TPSA) is 99.8 Å². The van der Waals surface area contributed by atoms with Gasteiger partial charge in [0.25, 0.3) is 0 Å². The second-order valence-corrected chi connectivity index (χ2v) is 10.4. The average Bonchev–Trinajstić information content (AvgIpc) is 3.32. The fourth-order valence-electron chi connectivity index (χ4n) is 4.97. The van der Waals surface area contributed by atoms with Gasteiger partial charge in [-0.05, 0) is 36.5 Å². The molecule has 38 heavy (non-hydrogen) atoms. The number of rotatable bonds is 10. The number of fused-ring (bicyclic) bond motifs is 1. The zero-order chi connectivity index (χ0) is 27.3. The van der Waals surface area contributed by atoms with Gasteiger partial charge in [-0.3, -0.25) is 14.6 Å². The van der Waals surface area contributed by atoms with Crippen LogP contribution in [0.25, 0.3) is 22.2 Å². The number of H-pyrrole nitrogens is 1. The molecule has 3 aromatic rings. The van der Waals surface area contributed by atoms with Crippen LogP contribution in [-0.2, 0) is 16.1 Å². The van der Waals surface area contributed by atoms with Crippen molar-refractivity contribution in [2.24, 2.45) is 11.8 Å². The van der Waals surface area contributed by atoms with Crippen LogP contribution in [0.3, 0.4) is 0 Å². The summed E-state index contributed by atoms with van der Waals surface area (Å²) in [5.41, 5.74) is 3.70. The molecule has 1 unspecified atom stereocenters. The first-order chi connectivity index (χ1) is 18.1. The van der Waals surface area contributed by atoms with E-state index in [1.807, 2.05) is 18.3 Å². The number of aromatic nitrogens is 3. The van der Waals surface area contributed by atoms with E-state index >= 15 is 0 Å². The third-order valence-corrected chi connectivity index (χ3v) is 7.07. The van der Waals surface area contributed by atoms with Crippen molar-refractivity contribution < 1.29 is 22.8 Å². The maximum atomic E-state index is 12.6. The summed E-state index contributed by atoms with van der Waals surface area (Å²) in [5, 5.41) is 6.99. The van der Waals surface area contributed by atoms with Crippen LogP contribution in [0, 0.1) is 11.8 Å². The number of hydrogen-bond acceptors (Lipinski definition) is 5. The number of aromatic amines is 1. The quantitative estimate of drug-likeness (QED) is 0.292. The second kappa shape index (κ2) is 12.0. The molecule has 1 aliphatic rings. The lowest BCUT2D eigenvalue weighted by atomic mass is 9.88. The third-order valence-electron chi connectivity index (χ3n) is 7.07. The summed E-state index contributed by atoms with van der Waals surface area (Å²) >= 11 is 0.